The maximum Gasteiger partial charge on any atom is 0.342 e. The van der Waals surface area contributed by atoms with Crippen molar-refractivity contribution in [3.05, 3.63) is 33.9 Å². The van der Waals surface area contributed by atoms with Gasteiger partial charge < -0.3 is 9.84 Å². The first kappa shape index (κ1) is 14.0. The van der Waals surface area contributed by atoms with Gasteiger partial charge in [-0.1, -0.05) is 6.92 Å². The fourth-order valence-corrected chi connectivity index (χ4v) is 1.18. The monoisotopic (exact) mass is 253 g/mol. The highest BCUT2D eigenvalue weighted by molar-refractivity contribution is 5.93. The van der Waals surface area contributed by atoms with Crippen molar-refractivity contribution in [3.63, 3.8) is 0 Å². The molecule has 1 rings (SSSR count). The van der Waals surface area contributed by atoms with E-state index in [1.165, 1.54) is 6.07 Å². The lowest BCUT2D eigenvalue weighted by Crippen LogP contribution is -2.27. The minimum atomic E-state index is -0.700. The Morgan fingerprint density at radius 2 is 2.11 bits per heavy atom. The number of esters is 1. The third kappa shape index (κ3) is 3.19. The molecule has 0 spiro atoms. The van der Waals surface area contributed by atoms with Crippen LogP contribution >= 0.6 is 0 Å². The standard InChI is InChI=1S/C12H15NO5/c1-4-12(2,3)18-11(15)9-6-5-8(13(16)17)7-10(9)14/h5-7,14H,4H2,1-3H3. The number of aromatic hydroxyl groups is 1. The van der Waals surface area contributed by atoms with E-state index in [4.69, 9.17) is 4.74 Å². The molecule has 1 aromatic carbocycles. The molecule has 0 radical (unpaired) electrons. The van der Waals surface area contributed by atoms with Gasteiger partial charge in [0.05, 0.1) is 11.0 Å². The average Bonchev–Trinajstić information content (AvgIpc) is 2.28. The van der Waals surface area contributed by atoms with Gasteiger partial charge in [-0.2, -0.15) is 0 Å². The fourth-order valence-electron chi connectivity index (χ4n) is 1.18. The van der Waals surface area contributed by atoms with Gasteiger partial charge in [-0.15, -0.1) is 0 Å². The lowest BCUT2D eigenvalue weighted by Gasteiger charge is -2.23. The maximum absolute atomic E-state index is 11.8. The molecule has 0 aliphatic carbocycles. The Kier molecular flexibility index (Phi) is 3.90. The predicted octanol–water partition coefficient (Wildman–Crippen LogP) is 2.65. The largest absolute Gasteiger partial charge is 0.507 e. The number of benzene rings is 1. The summed E-state index contributed by atoms with van der Waals surface area (Å²) in [5, 5.41) is 20.1. The number of nitro groups is 1. The van der Waals surface area contributed by atoms with Crippen LogP contribution in [-0.4, -0.2) is 21.6 Å². The highest BCUT2D eigenvalue weighted by Gasteiger charge is 2.24. The van der Waals surface area contributed by atoms with Crippen molar-refractivity contribution in [1.29, 1.82) is 0 Å². The molecule has 0 atom stereocenters. The Morgan fingerprint density at radius 1 is 1.50 bits per heavy atom. The Labute approximate surface area is 104 Å². The normalized spacial score (nSPS) is 11.1. The van der Waals surface area contributed by atoms with Crippen molar-refractivity contribution in [2.45, 2.75) is 32.8 Å². The molecule has 6 nitrogen and oxygen atoms in total. The van der Waals surface area contributed by atoms with Gasteiger partial charge >= 0.3 is 5.97 Å². The molecule has 0 unspecified atom stereocenters. The minimum absolute atomic E-state index is 0.0814. The van der Waals surface area contributed by atoms with Crippen LogP contribution in [0.3, 0.4) is 0 Å². The van der Waals surface area contributed by atoms with Crippen LogP contribution in [0.1, 0.15) is 37.6 Å². The second-order valence-corrected chi connectivity index (χ2v) is 4.46. The molecule has 18 heavy (non-hydrogen) atoms. The molecule has 0 heterocycles. The van der Waals surface area contributed by atoms with E-state index in [9.17, 15) is 20.0 Å². The Morgan fingerprint density at radius 3 is 2.56 bits per heavy atom. The Balaban J connectivity index is 2.97. The van der Waals surface area contributed by atoms with Gasteiger partial charge in [0, 0.05) is 6.07 Å². The molecule has 0 aliphatic rings. The Bertz CT molecular complexity index is 481. The number of hydrogen-bond donors (Lipinski definition) is 1. The van der Waals surface area contributed by atoms with E-state index < -0.39 is 22.2 Å². The van der Waals surface area contributed by atoms with E-state index >= 15 is 0 Å². The zero-order valence-corrected chi connectivity index (χ0v) is 10.5. The number of carbonyl (C=O) groups is 1. The van der Waals surface area contributed by atoms with Crippen molar-refractivity contribution in [2.75, 3.05) is 0 Å². The van der Waals surface area contributed by atoms with Crippen LogP contribution in [0.4, 0.5) is 5.69 Å². The van der Waals surface area contributed by atoms with Crippen LogP contribution in [-0.2, 0) is 4.74 Å². The highest BCUT2D eigenvalue weighted by Crippen LogP contribution is 2.26. The van der Waals surface area contributed by atoms with Crippen LogP contribution in [0, 0.1) is 10.1 Å². The van der Waals surface area contributed by atoms with Gasteiger partial charge in [0.25, 0.3) is 5.69 Å². The number of carbonyl (C=O) groups excluding carboxylic acids is 1. The number of non-ortho nitro benzene ring substituents is 1. The predicted molar refractivity (Wildman–Crippen MR) is 64.5 cm³/mol. The highest BCUT2D eigenvalue weighted by atomic mass is 16.6. The summed E-state index contributed by atoms with van der Waals surface area (Å²) in [7, 11) is 0. The summed E-state index contributed by atoms with van der Waals surface area (Å²) in [6.45, 7) is 5.35. The summed E-state index contributed by atoms with van der Waals surface area (Å²) < 4.78 is 5.19. The Hall–Kier alpha value is -2.11. The van der Waals surface area contributed by atoms with Crippen LogP contribution in [0.5, 0.6) is 5.75 Å². The molecule has 1 aromatic rings. The molecule has 0 saturated heterocycles. The number of phenolic OH excluding ortho intramolecular Hbond substituents is 1. The maximum atomic E-state index is 11.8. The van der Waals surface area contributed by atoms with Gasteiger partial charge in [0.2, 0.25) is 0 Å². The number of nitro benzene ring substituents is 1. The van der Waals surface area contributed by atoms with E-state index in [-0.39, 0.29) is 11.3 Å². The van der Waals surface area contributed by atoms with Crippen LogP contribution < -0.4 is 0 Å². The van der Waals surface area contributed by atoms with E-state index in [2.05, 4.69) is 0 Å². The summed E-state index contributed by atoms with van der Waals surface area (Å²) in [5.41, 5.74) is -1.01. The molecular formula is C12H15NO5. The third-order valence-corrected chi connectivity index (χ3v) is 2.63. The summed E-state index contributed by atoms with van der Waals surface area (Å²) >= 11 is 0. The van der Waals surface area contributed by atoms with Crippen molar-refractivity contribution in [2.24, 2.45) is 0 Å². The van der Waals surface area contributed by atoms with Crippen molar-refractivity contribution in [1.82, 2.24) is 0 Å². The first-order valence-electron chi connectivity index (χ1n) is 5.47. The summed E-state index contributed by atoms with van der Waals surface area (Å²) in [6, 6.07) is 3.26. The number of hydrogen-bond acceptors (Lipinski definition) is 5. The molecule has 6 heteroatoms. The summed E-state index contributed by atoms with van der Waals surface area (Å²) in [4.78, 5) is 21.6. The van der Waals surface area contributed by atoms with Gasteiger partial charge in [-0.3, -0.25) is 10.1 Å². The fraction of sp³-hybridized carbons (Fsp3) is 0.417. The molecule has 0 saturated carbocycles. The van der Waals surface area contributed by atoms with Gasteiger partial charge in [0.1, 0.15) is 16.9 Å². The molecule has 1 N–H and O–H groups in total. The van der Waals surface area contributed by atoms with Crippen molar-refractivity contribution >= 4 is 11.7 Å². The van der Waals surface area contributed by atoms with E-state index in [1.807, 2.05) is 6.92 Å². The summed E-state index contributed by atoms with van der Waals surface area (Å²) in [5.74, 6) is -1.16. The minimum Gasteiger partial charge on any atom is -0.507 e. The number of rotatable bonds is 4. The average molecular weight is 253 g/mol. The molecular weight excluding hydrogens is 238 g/mol. The van der Waals surface area contributed by atoms with Crippen LogP contribution in [0.15, 0.2) is 18.2 Å². The quantitative estimate of drug-likeness (QED) is 0.506. The second kappa shape index (κ2) is 5.03. The van der Waals surface area contributed by atoms with E-state index in [0.29, 0.717) is 6.42 Å². The SMILES string of the molecule is CCC(C)(C)OC(=O)c1ccc([N+](=O)[O-])cc1O. The van der Waals surface area contributed by atoms with E-state index in [0.717, 1.165) is 12.1 Å². The third-order valence-electron chi connectivity index (χ3n) is 2.63. The molecule has 0 bridgehead atoms. The van der Waals surface area contributed by atoms with Crippen molar-refractivity contribution < 1.29 is 19.6 Å². The molecule has 0 fully saturated rings. The van der Waals surface area contributed by atoms with Crippen LogP contribution in [0.25, 0.3) is 0 Å². The number of ether oxygens (including phenoxy) is 1. The van der Waals surface area contributed by atoms with Gasteiger partial charge in [-0.25, -0.2) is 4.79 Å². The smallest absolute Gasteiger partial charge is 0.342 e. The zero-order valence-electron chi connectivity index (χ0n) is 10.5. The number of phenols is 1. The van der Waals surface area contributed by atoms with Crippen LogP contribution in [0.2, 0.25) is 0 Å². The molecule has 0 amide bonds. The van der Waals surface area contributed by atoms with Crippen molar-refractivity contribution in [3.8, 4) is 5.75 Å². The van der Waals surface area contributed by atoms with E-state index in [1.54, 1.807) is 13.8 Å². The lowest BCUT2D eigenvalue weighted by atomic mass is 10.1. The molecule has 0 aromatic heterocycles. The summed E-state index contributed by atoms with van der Waals surface area (Å²) in [6.07, 6.45) is 0.618. The second-order valence-electron chi connectivity index (χ2n) is 4.46. The lowest BCUT2D eigenvalue weighted by molar-refractivity contribution is -0.384. The van der Waals surface area contributed by atoms with Gasteiger partial charge in [-0.05, 0) is 26.3 Å². The van der Waals surface area contributed by atoms with Gasteiger partial charge in [0.15, 0.2) is 0 Å². The molecule has 98 valence electrons. The first-order valence-corrected chi connectivity index (χ1v) is 5.47. The topological polar surface area (TPSA) is 89.7 Å². The first-order chi connectivity index (χ1) is 8.26. The zero-order chi connectivity index (χ0) is 13.9. The number of nitrogens with zero attached hydrogens (tertiary/aromatic N) is 1. The molecule has 0 aliphatic heterocycles.